The van der Waals surface area contributed by atoms with E-state index in [1.165, 1.54) is 0 Å². The number of fused-ring (bicyclic) bond motifs is 4. The summed E-state index contributed by atoms with van der Waals surface area (Å²) >= 11 is 0. The van der Waals surface area contributed by atoms with Crippen molar-refractivity contribution in [3.05, 3.63) is 47.8 Å². The van der Waals surface area contributed by atoms with Crippen LogP contribution in [-0.2, 0) is 27.9 Å². The number of benzene rings is 2. The van der Waals surface area contributed by atoms with Crippen molar-refractivity contribution >= 4 is 43.4 Å². The van der Waals surface area contributed by atoms with Crippen molar-refractivity contribution in [2.24, 2.45) is 0 Å². The molecule has 8 heterocycles. The summed E-state index contributed by atoms with van der Waals surface area (Å²) in [4.78, 5) is 17.1. The minimum Gasteiger partial charge on any atom is -0.461 e. The number of ether oxygens (including phenoxy) is 2. The zero-order valence-corrected chi connectivity index (χ0v) is 30.2. The number of anilines is 2. The van der Waals surface area contributed by atoms with Crippen LogP contribution < -0.4 is 24.0 Å². The maximum absolute atomic E-state index is 14.7. The minimum atomic E-state index is -3.54. The van der Waals surface area contributed by atoms with E-state index >= 15 is 0 Å². The number of alkyl halides is 1. The average molecular weight is 732 g/mol. The second-order valence-corrected chi connectivity index (χ2v) is 17.3. The fourth-order valence-electron chi connectivity index (χ4n) is 10.00. The van der Waals surface area contributed by atoms with Crippen molar-refractivity contribution in [2.75, 3.05) is 62.3 Å². The van der Waals surface area contributed by atoms with Gasteiger partial charge in [-0.15, -0.1) is 0 Å². The molecule has 5 fully saturated rings. The third-order valence-electron chi connectivity index (χ3n) is 12.4. The molecule has 15 heteroatoms. The highest BCUT2D eigenvalue weighted by atomic mass is 32.2. The predicted octanol–water partition coefficient (Wildman–Crippen LogP) is 3.97. The predicted molar refractivity (Wildman–Crippen MR) is 196 cm³/mol. The highest BCUT2D eigenvalue weighted by molar-refractivity contribution is 7.87. The van der Waals surface area contributed by atoms with Gasteiger partial charge < -0.3 is 19.3 Å². The van der Waals surface area contributed by atoms with E-state index in [9.17, 15) is 12.8 Å². The molecule has 0 saturated carbocycles. The Balaban J connectivity index is 1.03. The molecule has 0 amide bonds. The van der Waals surface area contributed by atoms with Crippen LogP contribution in [0.2, 0.25) is 0 Å². The maximum Gasteiger partial charge on any atom is 0.318 e. The lowest BCUT2D eigenvalue weighted by molar-refractivity contribution is -0.0366. The van der Waals surface area contributed by atoms with Crippen molar-refractivity contribution in [3.63, 3.8) is 0 Å². The molecule has 6 aliphatic rings. The van der Waals surface area contributed by atoms with Crippen molar-refractivity contribution in [1.29, 1.82) is 0 Å². The molecule has 1 spiro atoms. The van der Waals surface area contributed by atoms with Crippen molar-refractivity contribution in [2.45, 2.75) is 87.8 Å². The molecule has 10 rings (SSSR count). The van der Waals surface area contributed by atoms with Crippen LogP contribution in [0.15, 0.2) is 36.5 Å². The van der Waals surface area contributed by atoms with Crippen LogP contribution in [0.4, 0.5) is 15.9 Å². The quantitative estimate of drug-likeness (QED) is 0.301. The monoisotopic (exact) mass is 731 g/mol. The number of hydrogen-bond donors (Lipinski definition) is 2. The molecular formula is C37H46FN9O4S. The van der Waals surface area contributed by atoms with Gasteiger partial charge in [-0.3, -0.25) is 4.90 Å². The first-order valence-electron chi connectivity index (χ1n) is 19.0. The van der Waals surface area contributed by atoms with Crippen LogP contribution in [-0.4, -0.2) is 103 Å². The Morgan fingerprint density at radius 2 is 1.94 bits per heavy atom. The lowest BCUT2D eigenvalue weighted by Gasteiger charge is -2.41. The largest absolute Gasteiger partial charge is 0.461 e. The highest BCUT2D eigenvalue weighted by Gasteiger charge is 2.50. The second kappa shape index (κ2) is 12.5. The molecule has 2 unspecified atom stereocenters. The Kier molecular flexibility index (Phi) is 7.91. The minimum absolute atomic E-state index is 0.0764. The number of nitrogens with zero attached hydrogens (tertiary/aromatic N) is 7. The summed E-state index contributed by atoms with van der Waals surface area (Å²) in [6, 6.07) is 11.1. The van der Waals surface area contributed by atoms with E-state index in [0.717, 1.165) is 116 Å². The summed E-state index contributed by atoms with van der Waals surface area (Å²) in [5.74, 6) is 0.811. The molecular weight excluding hydrogens is 686 g/mol. The van der Waals surface area contributed by atoms with Crippen LogP contribution in [0.1, 0.15) is 68.9 Å². The summed E-state index contributed by atoms with van der Waals surface area (Å²) in [6.07, 6.45) is 8.89. The van der Waals surface area contributed by atoms with Crippen LogP contribution in [0.5, 0.6) is 6.01 Å². The Morgan fingerprint density at radius 3 is 2.81 bits per heavy atom. The van der Waals surface area contributed by atoms with E-state index in [2.05, 4.69) is 59.2 Å². The maximum atomic E-state index is 14.7. The Morgan fingerprint density at radius 1 is 1.04 bits per heavy atom. The zero-order valence-electron chi connectivity index (χ0n) is 29.4. The standard InChI is InChI=1S/C37H46FN9O4S/c38-26-18-37(12-6-14-46(37)20-26)24-51-35-41-30-21-44(15-10-28(30)34(42-35)45-13-5-11-36(23-45)22-40-52(48,49)43-36)33-27-8-2-1-7-25(27)17-31-29(33)19-39-47(31)32-9-3-4-16-50-32/h1-2,7-8,17,19,26,32,40,43H,3-6,9-16,18,20-24H2/t26-,32?,36?,37+/m1/s1. The Hall–Kier alpha value is -3.63. The van der Waals surface area contributed by atoms with Crippen LogP contribution in [0.3, 0.4) is 0 Å². The normalized spacial score (nSPS) is 30.4. The molecule has 6 aliphatic heterocycles. The number of piperidine rings is 1. The van der Waals surface area contributed by atoms with Gasteiger partial charge in [-0.25, -0.2) is 13.8 Å². The van der Waals surface area contributed by atoms with Gasteiger partial charge in [0.15, 0.2) is 6.23 Å². The topological polar surface area (TPSA) is 130 Å². The zero-order chi connectivity index (χ0) is 35.1. The van der Waals surface area contributed by atoms with Crippen LogP contribution >= 0.6 is 0 Å². The number of hydrogen-bond acceptors (Lipinski definition) is 10. The van der Waals surface area contributed by atoms with Crippen molar-refractivity contribution < 1.29 is 22.3 Å². The lowest BCUT2D eigenvalue weighted by Crippen LogP contribution is -2.57. The third kappa shape index (κ3) is 5.62. The number of aromatic nitrogens is 4. The van der Waals surface area contributed by atoms with Gasteiger partial charge in [0.05, 0.1) is 40.7 Å². The number of halogens is 1. The number of rotatable bonds is 6. The SMILES string of the molecule is O=S1(=O)NCC2(CCCN(c3nc(OC[C@@]45CCCN4C[C@H](F)C5)nc4c3CCN(c3c5ccccc5cc5c3cnn5C3CCCCO3)C4)C2)N1. The molecule has 13 nitrogen and oxygen atoms in total. The van der Waals surface area contributed by atoms with E-state index in [1.807, 2.05) is 6.20 Å². The third-order valence-corrected chi connectivity index (χ3v) is 13.6. The summed E-state index contributed by atoms with van der Waals surface area (Å²) < 4.78 is 59.9. The van der Waals surface area contributed by atoms with Gasteiger partial charge in [0.25, 0.3) is 10.2 Å². The van der Waals surface area contributed by atoms with Gasteiger partial charge in [0, 0.05) is 62.1 Å². The summed E-state index contributed by atoms with van der Waals surface area (Å²) in [6.45, 7) is 5.33. The van der Waals surface area contributed by atoms with Gasteiger partial charge in [-0.1, -0.05) is 24.3 Å². The molecule has 4 aromatic rings. The molecule has 0 bridgehead atoms. The Labute approximate surface area is 303 Å². The molecule has 5 saturated heterocycles. The molecule has 0 radical (unpaired) electrons. The molecule has 52 heavy (non-hydrogen) atoms. The second-order valence-electron chi connectivity index (χ2n) is 15.8. The molecule has 0 aliphatic carbocycles. The smallest absolute Gasteiger partial charge is 0.318 e. The Bertz CT molecular complexity index is 2140. The summed E-state index contributed by atoms with van der Waals surface area (Å²) in [5.41, 5.74) is 3.24. The van der Waals surface area contributed by atoms with E-state index in [0.29, 0.717) is 51.6 Å². The van der Waals surface area contributed by atoms with E-state index in [1.54, 1.807) is 0 Å². The van der Waals surface area contributed by atoms with Gasteiger partial charge in [0.2, 0.25) is 0 Å². The summed E-state index contributed by atoms with van der Waals surface area (Å²) in [7, 11) is -3.54. The van der Waals surface area contributed by atoms with E-state index < -0.39 is 21.9 Å². The van der Waals surface area contributed by atoms with Crippen molar-refractivity contribution in [1.82, 2.24) is 34.1 Å². The van der Waals surface area contributed by atoms with Crippen LogP contribution in [0, 0.1) is 0 Å². The highest BCUT2D eigenvalue weighted by Crippen LogP contribution is 2.43. The van der Waals surface area contributed by atoms with Crippen LogP contribution in [0.25, 0.3) is 21.7 Å². The molecule has 2 aromatic heterocycles. The number of nitrogens with one attached hydrogen (secondary N) is 2. The van der Waals surface area contributed by atoms with Gasteiger partial charge >= 0.3 is 6.01 Å². The molecule has 2 aromatic carbocycles. The fraction of sp³-hybridized carbons (Fsp3) is 0.595. The summed E-state index contributed by atoms with van der Waals surface area (Å²) in [5, 5.41) is 8.29. The molecule has 4 atom stereocenters. The first-order valence-corrected chi connectivity index (χ1v) is 20.5. The average Bonchev–Trinajstić information content (AvgIpc) is 3.90. The van der Waals surface area contributed by atoms with E-state index in [4.69, 9.17) is 24.5 Å². The molecule has 2 N–H and O–H groups in total. The fourth-order valence-corrected chi connectivity index (χ4v) is 11.3. The van der Waals surface area contributed by atoms with Gasteiger partial charge in [0.1, 0.15) is 18.6 Å². The lowest BCUT2D eigenvalue weighted by atomic mass is 9.89. The first kappa shape index (κ1) is 33.0. The van der Waals surface area contributed by atoms with Gasteiger partial charge in [-0.05, 0) is 69.4 Å². The molecule has 276 valence electrons. The van der Waals surface area contributed by atoms with Gasteiger partial charge in [-0.2, -0.15) is 28.2 Å². The van der Waals surface area contributed by atoms with Crippen molar-refractivity contribution in [3.8, 4) is 6.01 Å². The first-order chi connectivity index (χ1) is 25.3. The van der Waals surface area contributed by atoms with E-state index in [-0.39, 0.29) is 11.8 Å².